The van der Waals surface area contributed by atoms with Crippen LogP contribution < -0.4 is 0 Å². The summed E-state index contributed by atoms with van der Waals surface area (Å²) < 4.78 is 1.68. The van der Waals surface area contributed by atoms with E-state index in [1.807, 2.05) is 31.2 Å². The molecular weight excluding hydrogens is 252 g/mol. The number of benzene rings is 2. The molecule has 0 radical (unpaired) electrons. The molecule has 20 heavy (non-hydrogen) atoms. The van der Waals surface area contributed by atoms with Crippen LogP contribution in [0.5, 0.6) is 0 Å². The molecule has 1 atom stereocenters. The summed E-state index contributed by atoms with van der Waals surface area (Å²) in [6.45, 7) is 1.98. The van der Waals surface area contributed by atoms with Crippen molar-refractivity contribution in [2.45, 2.75) is 13.0 Å². The van der Waals surface area contributed by atoms with Crippen LogP contribution >= 0.6 is 0 Å². The molecule has 0 fully saturated rings. The quantitative estimate of drug-likeness (QED) is 0.791. The van der Waals surface area contributed by atoms with Crippen LogP contribution in [0.3, 0.4) is 0 Å². The highest BCUT2D eigenvalue weighted by Crippen LogP contribution is 2.27. The summed E-state index contributed by atoms with van der Waals surface area (Å²) in [5.41, 5.74) is 1.29. The number of aromatic nitrogens is 2. The summed E-state index contributed by atoms with van der Waals surface area (Å²) in [6, 6.07) is 14.1. The Morgan fingerprint density at radius 2 is 1.95 bits per heavy atom. The lowest BCUT2D eigenvalue weighted by atomic mass is 9.99. The molecule has 1 heterocycles. The Labute approximate surface area is 116 Å². The minimum Gasteiger partial charge on any atom is -0.477 e. The van der Waals surface area contributed by atoms with Gasteiger partial charge < -0.3 is 9.67 Å². The molecule has 0 spiro atoms. The van der Waals surface area contributed by atoms with Crippen molar-refractivity contribution in [1.29, 1.82) is 0 Å². The van der Waals surface area contributed by atoms with Gasteiger partial charge in [0.1, 0.15) is 5.69 Å². The minimum absolute atomic E-state index is 0.0882. The van der Waals surface area contributed by atoms with Crippen LogP contribution in [0.2, 0.25) is 0 Å². The first kappa shape index (κ1) is 12.4. The van der Waals surface area contributed by atoms with Gasteiger partial charge in [0.2, 0.25) is 0 Å². The predicted octanol–water partition coefficient (Wildman–Crippen LogP) is 3.34. The molecule has 3 rings (SSSR count). The standard InChI is InChI=1S/C16H14N2O2/c1-11(18-10-17-9-15(18)16(19)20)13-8-4-6-12-5-2-3-7-14(12)13/h2-11H,1H3,(H,19,20). The monoisotopic (exact) mass is 266 g/mol. The Morgan fingerprint density at radius 3 is 2.75 bits per heavy atom. The van der Waals surface area contributed by atoms with E-state index < -0.39 is 5.97 Å². The zero-order chi connectivity index (χ0) is 14.1. The van der Waals surface area contributed by atoms with Crippen molar-refractivity contribution in [2.75, 3.05) is 0 Å². The second kappa shape index (κ2) is 4.81. The van der Waals surface area contributed by atoms with E-state index in [-0.39, 0.29) is 11.7 Å². The lowest BCUT2D eigenvalue weighted by molar-refractivity contribution is 0.0684. The second-order valence-electron chi connectivity index (χ2n) is 4.74. The number of nitrogens with zero attached hydrogens (tertiary/aromatic N) is 2. The molecule has 1 unspecified atom stereocenters. The summed E-state index contributed by atoms with van der Waals surface area (Å²) in [5, 5.41) is 11.5. The molecule has 0 amide bonds. The number of carboxylic acid groups (broad SMARTS) is 1. The van der Waals surface area contributed by atoms with Gasteiger partial charge in [0.25, 0.3) is 0 Å². The van der Waals surface area contributed by atoms with Crippen LogP contribution in [0.1, 0.15) is 29.0 Å². The van der Waals surface area contributed by atoms with Gasteiger partial charge >= 0.3 is 5.97 Å². The van der Waals surface area contributed by atoms with Gasteiger partial charge in [-0.2, -0.15) is 0 Å². The Bertz CT molecular complexity index is 772. The molecule has 0 saturated carbocycles. The third-order valence-electron chi connectivity index (χ3n) is 3.58. The van der Waals surface area contributed by atoms with Crippen LogP contribution in [-0.4, -0.2) is 20.6 Å². The average Bonchev–Trinajstić information content (AvgIpc) is 2.95. The summed E-state index contributed by atoms with van der Waals surface area (Å²) in [5.74, 6) is -0.963. The second-order valence-corrected chi connectivity index (χ2v) is 4.74. The number of imidazole rings is 1. The highest BCUT2D eigenvalue weighted by molar-refractivity contribution is 5.87. The first-order valence-electron chi connectivity index (χ1n) is 6.41. The van der Waals surface area contributed by atoms with Crippen LogP contribution in [0, 0.1) is 0 Å². The summed E-state index contributed by atoms with van der Waals surface area (Å²) in [7, 11) is 0. The normalized spacial score (nSPS) is 12.4. The molecule has 100 valence electrons. The number of carboxylic acids is 1. The van der Waals surface area contributed by atoms with Crippen molar-refractivity contribution >= 4 is 16.7 Å². The van der Waals surface area contributed by atoms with E-state index in [0.29, 0.717) is 0 Å². The number of aromatic carboxylic acids is 1. The van der Waals surface area contributed by atoms with E-state index in [1.54, 1.807) is 10.9 Å². The van der Waals surface area contributed by atoms with Crippen molar-refractivity contribution in [3.8, 4) is 0 Å². The minimum atomic E-state index is -0.963. The molecule has 0 aliphatic rings. The smallest absolute Gasteiger partial charge is 0.354 e. The maximum Gasteiger partial charge on any atom is 0.354 e. The Hall–Kier alpha value is -2.62. The maximum atomic E-state index is 11.2. The van der Waals surface area contributed by atoms with E-state index in [1.165, 1.54) is 6.20 Å². The van der Waals surface area contributed by atoms with Crippen molar-refractivity contribution in [1.82, 2.24) is 9.55 Å². The molecule has 0 aliphatic heterocycles. The van der Waals surface area contributed by atoms with Gasteiger partial charge in [-0.15, -0.1) is 0 Å². The Balaban J connectivity index is 2.15. The predicted molar refractivity (Wildman–Crippen MR) is 76.9 cm³/mol. The largest absolute Gasteiger partial charge is 0.477 e. The summed E-state index contributed by atoms with van der Waals surface area (Å²) in [6.07, 6.45) is 2.94. The van der Waals surface area contributed by atoms with Gasteiger partial charge in [0, 0.05) is 0 Å². The molecular formula is C16H14N2O2. The van der Waals surface area contributed by atoms with Gasteiger partial charge in [-0.05, 0) is 23.3 Å². The highest BCUT2D eigenvalue weighted by Gasteiger charge is 2.17. The van der Waals surface area contributed by atoms with E-state index in [9.17, 15) is 9.90 Å². The highest BCUT2D eigenvalue weighted by atomic mass is 16.4. The zero-order valence-electron chi connectivity index (χ0n) is 11.0. The fraction of sp³-hybridized carbons (Fsp3) is 0.125. The van der Waals surface area contributed by atoms with E-state index >= 15 is 0 Å². The van der Waals surface area contributed by atoms with E-state index in [2.05, 4.69) is 23.2 Å². The SMILES string of the molecule is CC(c1cccc2ccccc12)n1cncc1C(=O)O. The van der Waals surface area contributed by atoms with Crippen LogP contribution in [0.4, 0.5) is 0 Å². The zero-order valence-corrected chi connectivity index (χ0v) is 11.0. The van der Waals surface area contributed by atoms with Gasteiger partial charge in [0.05, 0.1) is 18.6 Å². The lowest BCUT2D eigenvalue weighted by Crippen LogP contribution is -2.13. The van der Waals surface area contributed by atoms with Gasteiger partial charge in [-0.3, -0.25) is 0 Å². The van der Waals surface area contributed by atoms with Crippen LogP contribution in [0.25, 0.3) is 10.8 Å². The summed E-state index contributed by atoms with van der Waals surface area (Å²) >= 11 is 0. The maximum absolute atomic E-state index is 11.2. The molecule has 0 saturated heterocycles. The molecule has 0 bridgehead atoms. The molecule has 0 aliphatic carbocycles. The molecule has 2 aromatic carbocycles. The third kappa shape index (κ3) is 1.95. The number of fused-ring (bicyclic) bond motifs is 1. The van der Waals surface area contributed by atoms with Crippen molar-refractivity contribution in [3.05, 3.63) is 66.2 Å². The van der Waals surface area contributed by atoms with Crippen LogP contribution in [-0.2, 0) is 0 Å². The number of carbonyl (C=O) groups is 1. The fourth-order valence-corrected chi connectivity index (χ4v) is 2.54. The first-order chi connectivity index (χ1) is 9.68. The Kier molecular flexibility index (Phi) is 2.99. The van der Waals surface area contributed by atoms with Gasteiger partial charge in [0.15, 0.2) is 0 Å². The van der Waals surface area contributed by atoms with Crippen molar-refractivity contribution < 1.29 is 9.90 Å². The molecule has 4 heteroatoms. The van der Waals surface area contributed by atoms with Crippen molar-refractivity contribution in [3.63, 3.8) is 0 Å². The van der Waals surface area contributed by atoms with Crippen LogP contribution in [0.15, 0.2) is 55.0 Å². The Morgan fingerprint density at radius 1 is 1.20 bits per heavy atom. The molecule has 3 aromatic rings. The molecule has 1 aromatic heterocycles. The third-order valence-corrected chi connectivity index (χ3v) is 3.58. The average molecular weight is 266 g/mol. The molecule has 1 N–H and O–H groups in total. The van der Waals surface area contributed by atoms with E-state index in [4.69, 9.17) is 0 Å². The topological polar surface area (TPSA) is 55.1 Å². The van der Waals surface area contributed by atoms with E-state index in [0.717, 1.165) is 16.3 Å². The summed E-state index contributed by atoms with van der Waals surface area (Å²) in [4.78, 5) is 15.2. The van der Waals surface area contributed by atoms with Crippen molar-refractivity contribution in [2.24, 2.45) is 0 Å². The number of hydrogen-bond donors (Lipinski definition) is 1. The van der Waals surface area contributed by atoms with Gasteiger partial charge in [-0.25, -0.2) is 9.78 Å². The number of hydrogen-bond acceptors (Lipinski definition) is 2. The number of rotatable bonds is 3. The fourth-order valence-electron chi connectivity index (χ4n) is 2.54. The molecule has 4 nitrogen and oxygen atoms in total. The first-order valence-corrected chi connectivity index (χ1v) is 6.41. The van der Waals surface area contributed by atoms with Gasteiger partial charge in [-0.1, -0.05) is 42.5 Å². The lowest BCUT2D eigenvalue weighted by Gasteiger charge is -2.17.